The van der Waals surface area contributed by atoms with E-state index in [0.717, 1.165) is 18.8 Å². The van der Waals surface area contributed by atoms with E-state index in [1.54, 1.807) is 0 Å². The molecule has 1 N–H and O–H groups in total. The average molecular weight is 233 g/mol. The standard InChI is InChI=1S/C14H23N3/c1-4-15-9-13-10-16-11(2)8-14(13)17-7-5-6-12(17)3/h8,10,12,15H,4-7,9H2,1-3H3. The first-order valence-electron chi connectivity index (χ1n) is 6.65. The SMILES string of the molecule is CCNCc1cnc(C)cc1N1CCCC1C. The highest BCUT2D eigenvalue weighted by molar-refractivity contribution is 5.55. The van der Waals surface area contributed by atoms with Crippen molar-refractivity contribution in [3.05, 3.63) is 23.5 Å². The summed E-state index contributed by atoms with van der Waals surface area (Å²) in [6, 6.07) is 2.89. The van der Waals surface area contributed by atoms with E-state index < -0.39 is 0 Å². The monoisotopic (exact) mass is 233 g/mol. The van der Waals surface area contributed by atoms with Gasteiger partial charge in [-0.1, -0.05) is 6.92 Å². The summed E-state index contributed by atoms with van der Waals surface area (Å²) in [4.78, 5) is 6.95. The minimum Gasteiger partial charge on any atom is -0.368 e. The Morgan fingerprint density at radius 2 is 2.35 bits per heavy atom. The van der Waals surface area contributed by atoms with Crippen LogP contribution in [0.15, 0.2) is 12.3 Å². The van der Waals surface area contributed by atoms with Crippen LogP contribution in [0.5, 0.6) is 0 Å². The average Bonchev–Trinajstić information content (AvgIpc) is 2.74. The van der Waals surface area contributed by atoms with Crippen molar-refractivity contribution >= 4 is 5.69 Å². The Morgan fingerprint density at radius 1 is 1.53 bits per heavy atom. The molecule has 2 heterocycles. The molecule has 1 aliphatic rings. The van der Waals surface area contributed by atoms with Gasteiger partial charge in [-0.2, -0.15) is 0 Å². The zero-order valence-electron chi connectivity index (χ0n) is 11.2. The van der Waals surface area contributed by atoms with E-state index in [2.05, 4.69) is 42.0 Å². The number of nitrogens with zero attached hydrogens (tertiary/aromatic N) is 2. The fourth-order valence-corrected chi connectivity index (χ4v) is 2.53. The van der Waals surface area contributed by atoms with Crippen LogP contribution in [0.4, 0.5) is 5.69 Å². The Hall–Kier alpha value is -1.09. The number of aryl methyl sites for hydroxylation is 1. The van der Waals surface area contributed by atoms with Crippen molar-refractivity contribution in [3.8, 4) is 0 Å². The fraction of sp³-hybridized carbons (Fsp3) is 0.643. The molecule has 0 spiro atoms. The second-order valence-corrected chi connectivity index (χ2v) is 4.92. The lowest BCUT2D eigenvalue weighted by Gasteiger charge is -2.26. The van der Waals surface area contributed by atoms with Crippen LogP contribution in [0.2, 0.25) is 0 Å². The number of aromatic nitrogens is 1. The minimum absolute atomic E-state index is 0.664. The molecule has 0 amide bonds. The van der Waals surface area contributed by atoms with Gasteiger partial charge in [0, 0.05) is 42.3 Å². The molecular formula is C14H23N3. The van der Waals surface area contributed by atoms with Gasteiger partial charge in [0.2, 0.25) is 0 Å². The van der Waals surface area contributed by atoms with Crippen molar-refractivity contribution in [2.24, 2.45) is 0 Å². The van der Waals surface area contributed by atoms with Crippen molar-refractivity contribution in [2.75, 3.05) is 18.0 Å². The molecular weight excluding hydrogens is 210 g/mol. The van der Waals surface area contributed by atoms with E-state index in [9.17, 15) is 0 Å². The maximum absolute atomic E-state index is 4.42. The zero-order valence-corrected chi connectivity index (χ0v) is 11.2. The molecule has 2 rings (SSSR count). The molecule has 0 aromatic carbocycles. The van der Waals surface area contributed by atoms with E-state index in [-0.39, 0.29) is 0 Å². The second-order valence-electron chi connectivity index (χ2n) is 4.92. The molecule has 94 valence electrons. The molecule has 1 aromatic heterocycles. The third kappa shape index (κ3) is 2.78. The van der Waals surface area contributed by atoms with Gasteiger partial charge in [0.05, 0.1) is 0 Å². The maximum atomic E-state index is 4.42. The summed E-state index contributed by atoms with van der Waals surface area (Å²) in [5.74, 6) is 0. The highest BCUT2D eigenvalue weighted by Gasteiger charge is 2.22. The van der Waals surface area contributed by atoms with Gasteiger partial charge >= 0.3 is 0 Å². The molecule has 0 aliphatic carbocycles. The summed E-state index contributed by atoms with van der Waals surface area (Å²) in [7, 11) is 0. The summed E-state index contributed by atoms with van der Waals surface area (Å²) < 4.78 is 0. The summed E-state index contributed by atoms with van der Waals surface area (Å²) in [5, 5.41) is 3.40. The van der Waals surface area contributed by atoms with Crippen LogP contribution in [0.25, 0.3) is 0 Å². The highest BCUT2D eigenvalue weighted by atomic mass is 15.2. The van der Waals surface area contributed by atoms with Crippen LogP contribution in [-0.2, 0) is 6.54 Å². The lowest BCUT2D eigenvalue weighted by molar-refractivity contribution is 0.702. The van der Waals surface area contributed by atoms with Crippen molar-refractivity contribution in [2.45, 2.75) is 46.2 Å². The summed E-state index contributed by atoms with van der Waals surface area (Å²) >= 11 is 0. The van der Waals surface area contributed by atoms with E-state index >= 15 is 0 Å². The van der Waals surface area contributed by atoms with Gasteiger partial charge in [-0.05, 0) is 39.3 Å². The number of hydrogen-bond acceptors (Lipinski definition) is 3. The van der Waals surface area contributed by atoms with Crippen LogP contribution in [0.3, 0.4) is 0 Å². The third-order valence-electron chi connectivity index (χ3n) is 3.53. The quantitative estimate of drug-likeness (QED) is 0.866. The van der Waals surface area contributed by atoms with Crippen LogP contribution in [0.1, 0.15) is 37.9 Å². The van der Waals surface area contributed by atoms with Gasteiger partial charge in [0.1, 0.15) is 0 Å². The Balaban J connectivity index is 2.25. The molecule has 1 aliphatic heterocycles. The fourth-order valence-electron chi connectivity index (χ4n) is 2.53. The molecule has 0 bridgehead atoms. The van der Waals surface area contributed by atoms with E-state index in [1.165, 1.54) is 30.6 Å². The molecule has 0 saturated carbocycles. The largest absolute Gasteiger partial charge is 0.368 e. The smallest absolute Gasteiger partial charge is 0.0447 e. The molecule has 1 atom stereocenters. The van der Waals surface area contributed by atoms with Crippen LogP contribution < -0.4 is 10.2 Å². The van der Waals surface area contributed by atoms with Crippen molar-refractivity contribution < 1.29 is 0 Å². The molecule has 1 aromatic rings. The Labute approximate surface area is 104 Å². The van der Waals surface area contributed by atoms with Crippen LogP contribution in [-0.4, -0.2) is 24.1 Å². The molecule has 0 radical (unpaired) electrons. The summed E-state index contributed by atoms with van der Waals surface area (Å²) in [6.07, 6.45) is 4.64. The maximum Gasteiger partial charge on any atom is 0.0447 e. The number of hydrogen-bond donors (Lipinski definition) is 1. The van der Waals surface area contributed by atoms with Gasteiger partial charge in [0.25, 0.3) is 0 Å². The number of pyridine rings is 1. The molecule has 1 saturated heterocycles. The van der Waals surface area contributed by atoms with Gasteiger partial charge in [-0.3, -0.25) is 4.98 Å². The predicted octanol–water partition coefficient (Wildman–Crippen LogP) is 2.49. The first-order valence-corrected chi connectivity index (χ1v) is 6.65. The minimum atomic E-state index is 0.664. The van der Waals surface area contributed by atoms with Gasteiger partial charge in [0.15, 0.2) is 0 Å². The van der Waals surface area contributed by atoms with Crippen molar-refractivity contribution in [3.63, 3.8) is 0 Å². The van der Waals surface area contributed by atoms with Crippen LogP contribution >= 0.6 is 0 Å². The van der Waals surface area contributed by atoms with Crippen molar-refractivity contribution in [1.29, 1.82) is 0 Å². The Morgan fingerprint density at radius 3 is 3.00 bits per heavy atom. The Bertz CT molecular complexity index is 376. The molecule has 17 heavy (non-hydrogen) atoms. The molecule has 1 fully saturated rings. The number of anilines is 1. The normalized spacial score (nSPS) is 19.9. The predicted molar refractivity (Wildman–Crippen MR) is 72.4 cm³/mol. The molecule has 1 unspecified atom stereocenters. The van der Waals surface area contributed by atoms with E-state index in [0.29, 0.717) is 6.04 Å². The lowest BCUT2D eigenvalue weighted by Crippen LogP contribution is -2.28. The number of rotatable bonds is 4. The third-order valence-corrected chi connectivity index (χ3v) is 3.53. The first kappa shape index (κ1) is 12.4. The van der Waals surface area contributed by atoms with Gasteiger partial charge in [-0.25, -0.2) is 0 Å². The number of nitrogens with one attached hydrogen (secondary N) is 1. The van der Waals surface area contributed by atoms with Gasteiger partial charge < -0.3 is 10.2 Å². The molecule has 3 heteroatoms. The van der Waals surface area contributed by atoms with E-state index in [4.69, 9.17) is 0 Å². The highest BCUT2D eigenvalue weighted by Crippen LogP contribution is 2.28. The topological polar surface area (TPSA) is 28.2 Å². The summed E-state index contributed by atoms with van der Waals surface area (Å²) in [5.41, 5.74) is 3.81. The second kappa shape index (κ2) is 5.50. The van der Waals surface area contributed by atoms with Crippen LogP contribution in [0, 0.1) is 6.92 Å². The zero-order chi connectivity index (χ0) is 12.3. The first-order chi connectivity index (χ1) is 8.22. The van der Waals surface area contributed by atoms with E-state index in [1.807, 2.05) is 6.20 Å². The van der Waals surface area contributed by atoms with Crippen molar-refractivity contribution in [1.82, 2.24) is 10.3 Å². The molecule has 3 nitrogen and oxygen atoms in total. The Kier molecular flexibility index (Phi) is 4.00. The summed E-state index contributed by atoms with van der Waals surface area (Å²) in [6.45, 7) is 9.63. The lowest BCUT2D eigenvalue weighted by atomic mass is 10.1. The van der Waals surface area contributed by atoms with Gasteiger partial charge in [-0.15, -0.1) is 0 Å².